The zero-order chi connectivity index (χ0) is 24.7. The van der Waals surface area contributed by atoms with Gasteiger partial charge in [-0.05, 0) is 73.4 Å². The lowest BCUT2D eigenvalue weighted by Gasteiger charge is -2.33. The molecular weight excluding hydrogens is 460 g/mol. The predicted molar refractivity (Wildman–Crippen MR) is 139 cm³/mol. The molecule has 0 unspecified atom stereocenters. The Morgan fingerprint density at radius 2 is 1.71 bits per heavy atom. The average molecular weight is 491 g/mol. The Labute approximate surface area is 209 Å². The second-order valence-corrected chi connectivity index (χ2v) is 11.5. The fourth-order valence-corrected chi connectivity index (χ4v) is 6.02. The largest absolute Gasteiger partial charge is 0.454 e. The van der Waals surface area contributed by atoms with E-state index in [0.29, 0.717) is 33.5 Å². The third-order valence-corrected chi connectivity index (χ3v) is 8.06. The minimum absolute atomic E-state index is 0.149. The fraction of sp³-hybridized carbons (Fsp3) is 0.357. The summed E-state index contributed by atoms with van der Waals surface area (Å²) in [6, 6.07) is 12.8. The quantitative estimate of drug-likeness (QED) is 0.441. The number of nitrogens with one attached hydrogen (secondary N) is 2. The normalized spacial score (nSPS) is 16.5. The van der Waals surface area contributed by atoms with Crippen LogP contribution in [-0.4, -0.2) is 18.6 Å². The van der Waals surface area contributed by atoms with Gasteiger partial charge in [-0.15, -0.1) is 11.3 Å². The van der Waals surface area contributed by atoms with Crippen LogP contribution in [0.2, 0.25) is 0 Å². The predicted octanol–water partition coefficient (Wildman–Crippen LogP) is 6.44. The maximum atomic E-state index is 13.5. The first-order valence-corrected chi connectivity index (χ1v) is 12.7. The van der Waals surface area contributed by atoms with Crippen LogP contribution in [-0.2, 0) is 12.8 Å². The molecule has 2 aliphatic rings. The lowest BCUT2D eigenvalue weighted by Crippen LogP contribution is -2.27. The molecule has 35 heavy (non-hydrogen) atoms. The van der Waals surface area contributed by atoms with Crippen molar-refractivity contribution < 1.29 is 19.1 Å². The standard InChI is InChI=1S/C28H30N2O4S/c1-16-5-9-19(10-6-16)29-26(32)24-20-11-8-18(28(2,3)4)14-23(20)35-27(24)30-25(31)17-7-12-21-22(13-17)34-15-33-21/h5-7,9-10,12-13,18H,8,11,14-15H2,1-4H3,(H,29,32)(H,30,31)/t18-/m0/s1. The molecule has 0 saturated carbocycles. The van der Waals surface area contributed by atoms with Crippen LogP contribution < -0.4 is 20.1 Å². The van der Waals surface area contributed by atoms with E-state index in [4.69, 9.17) is 9.47 Å². The van der Waals surface area contributed by atoms with Crippen LogP contribution in [0.3, 0.4) is 0 Å². The van der Waals surface area contributed by atoms with Gasteiger partial charge in [0.05, 0.1) is 5.56 Å². The van der Waals surface area contributed by atoms with Crippen LogP contribution in [0.1, 0.15) is 63.9 Å². The van der Waals surface area contributed by atoms with E-state index in [-0.39, 0.29) is 24.0 Å². The Hall–Kier alpha value is -3.32. The van der Waals surface area contributed by atoms with E-state index in [1.54, 1.807) is 18.2 Å². The van der Waals surface area contributed by atoms with Crippen LogP contribution in [0.5, 0.6) is 11.5 Å². The number of benzene rings is 2. The number of hydrogen-bond donors (Lipinski definition) is 2. The summed E-state index contributed by atoms with van der Waals surface area (Å²) < 4.78 is 10.8. The summed E-state index contributed by atoms with van der Waals surface area (Å²) in [7, 11) is 0. The van der Waals surface area contributed by atoms with E-state index in [2.05, 4.69) is 31.4 Å². The van der Waals surface area contributed by atoms with Gasteiger partial charge in [0.15, 0.2) is 11.5 Å². The fourth-order valence-electron chi connectivity index (χ4n) is 4.70. The van der Waals surface area contributed by atoms with Gasteiger partial charge in [0.25, 0.3) is 11.8 Å². The minimum atomic E-state index is -0.279. The molecule has 1 aliphatic carbocycles. The number of rotatable bonds is 4. The van der Waals surface area contributed by atoms with Crippen LogP contribution in [0, 0.1) is 18.3 Å². The summed E-state index contributed by atoms with van der Waals surface area (Å²) in [4.78, 5) is 27.9. The molecule has 2 amide bonds. The van der Waals surface area contributed by atoms with E-state index < -0.39 is 0 Å². The zero-order valence-electron chi connectivity index (χ0n) is 20.5. The van der Waals surface area contributed by atoms with Crippen molar-refractivity contribution in [1.29, 1.82) is 0 Å². The monoisotopic (exact) mass is 490 g/mol. The first-order valence-electron chi connectivity index (χ1n) is 11.9. The van der Waals surface area contributed by atoms with Crippen molar-refractivity contribution >= 4 is 33.8 Å². The molecule has 2 heterocycles. The molecule has 1 atom stereocenters. The average Bonchev–Trinajstić information content (AvgIpc) is 3.43. The van der Waals surface area contributed by atoms with Gasteiger partial charge in [0.2, 0.25) is 6.79 Å². The van der Waals surface area contributed by atoms with Crippen molar-refractivity contribution in [3.8, 4) is 11.5 Å². The highest BCUT2D eigenvalue weighted by atomic mass is 32.1. The molecule has 0 saturated heterocycles. The molecule has 1 aliphatic heterocycles. The molecule has 0 spiro atoms. The van der Waals surface area contributed by atoms with E-state index in [1.807, 2.05) is 31.2 Å². The van der Waals surface area contributed by atoms with E-state index >= 15 is 0 Å². The maximum absolute atomic E-state index is 13.5. The van der Waals surface area contributed by atoms with Gasteiger partial charge in [-0.25, -0.2) is 0 Å². The molecule has 182 valence electrons. The van der Waals surface area contributed by atoms with E-state index in [1.165, 1.54) is 16.2 Å². The number of anilines is 2. The van der Waals surface area contributed by atoms with Crippen LogP contribution >= 0.6 is 11.3 Å². The molecule has 2 N–H and O–H groups in total. The van der Waals surface area contributed by atoms with E-state index in [9.17, 15) is 9.59 Å². The summed E-state index contributed by atoms with van der Waals surface area (Å²) >= 11 is 1.52. The number of ether oxygens (including phenoxy) is 2. The molecule has 7 heteroatoms. The molecule has 0 bridgehead atoms. The third kappa shape index (κ3) is 4.78. The van der Waals surface area contributed by atoms with Gasteiger partial charge in [0.1, 0.15) is 5.00 Å². The van der Waals surface area contributed by atoms with E-state index in [0.717, 1.165) is 36.1 Å². The van der Waals surface area contributed by atoms with Gasteiger partial charge in [-0.3, -0.25) is 9.59 Å². The second-order valence-electron chi connectivity index (χ2n) is 10.4. The number of hydrogen-bond acceptors (Lipinski definition) is 5. The molecule has 0 radical (unpaired) electrons. The van der Waals surface area contributed by atoms with Crippen LogP contribution in [0.25, 0.3) is 0 Å². The molecule has 6 nitrogen and oxygen atoms in total. The topological polar surface area (TPSA) is 76.7 Å². The summed E-state index contributed by atoms with van der Waals surface area (Å²) in [5.41, 5.74) is 4.13. The van der Waals surface area contributed by atoms with Gasteiger partial charge in [-0.2, -0.15) is 0 Å². The Balaban J connectivity index is 1.47. The number of fused-ring (bicyclic) bond motifs is 2. The van der Waals surface area contributed by atoms with Gasteiger partial charge < -0.3 is 20.1 Å². The highest BCUT2D eigenvalue weighted by Gasteiger charge is 2.34. The summed E-state index contributed by atoms with van der Waals surface area (Å²) in [5, 5.41) is 6.65. The van der Waals surface area contributed by atoms with Gasteiger partial charge >= 0.3 is 0 Å². The van der Waals surface area contributed by atoms with Gasteiger partial charge in [0, 0.05) is 16.1 Å². The lowest BCUT2D eigenvalue weighted by atomic mass is 9.72. The number of amides is 2. The summed E-state index contributed by atoms with van der Waals surface area (Å²) in [5.74, 6) is 1.23. The smallest absolute Gasteiger partial charge is 0.258 e. The zero-order valence-corrected chi connectivity index (χ0v) is 21.3. The molecule has 0 fully saturated rings. The molecule has 3 aromatic rings. The molecule has 2 aromatic carbocycles. The molecule has 5 rings (SSSR count). The third-order valence-electron chi connectivity index (χ3n) is 6.89. The van der Waals surface area contributed by atoms with Crippen molar-refractivity contribution in [3.63, 3.8) is 0 Å². The Bertz CT molecular complexity index is 1290. The number of thiophene rings is 1. The lowest BCUT2D eigenvalue weighted by molar-refractivity contribution is 0.102. The van der Waals surface area contributed by atoms with Crippen molar-refractivity contribution in [1.82, 2.24) is 0 Å². The Morgan fingerprint density at radius 1 is 0.971 bits per heavy atom. The first kappa shape index (κ1) is 23.4. The van der Waals surface area contributed by atoms with Crippen molar-refractivity contribution in [2.75, 3.05) is 17.4 Å². The molecule has 1 aromatic heterocycles. The highest BCUT2D eigenvalue weighted by molar-refractivity contribution is 7.17. The Morgan fingerprint density at radius 3 is 2.46 bits per heavy atom. The van der Waals surface area contributed by atoms with Gasteiger partial charge in [-0.1, -0.05) is 38.5 Å². The van der Waals surface area contributed by atoms with Crippen molar-refractivity contribution in [2.45, 2.75) is 47.0 Å². The highest BCUT2D eigenvalue weighted by Crippen LogP contribution is 2.44. The van der Waals surface area contributed by atoms with Crippen LogP contribution in [0.15, 0.2) is 42.5 Å². The summed E-state index contributed by atoms with van der Waals surface area (Å²) in [6.45, 7) is 8.96. The summed E-state index contributed by atoms with van der Waals surface area (Å²) in [6.07, 6.45) is 2.76. The number of carbonyl (C=O) groups is 2. The number of aryl methyl sites for hydroxylation is 1. The van der Waals surface area contributed by atoms with Crippen molar-refractivity contribution in [2.24, 2.45) is 11.3 Å². The minimum Gasteiger partial charge on any atom is -0.454 e. The second kappa shape index (κ2) is 9.04. The maximum Gasteiger partial charge on any atom is 0.258 e. The SMILES string of the molecule is Cc1ccc(NC(=O)c2c(NC(=O)c3ccc4c(c3)OCO4)sc3c2CC[C@H](C(C)(C)C)C3)cc1. The first-order chi connectivity index (χ1) is 16.7. The Kier molecular flexibility index (Phi) is 6.05. The number of carbonyl (C=O) groups excluding carboxylic acids is 2. The molecular formula is C28H30N2O4S. The van der Waals surface area contributed by atoms with Crippen LogP contribution in [0.4, 0.5) is 10.7 Å². The van der Waals surface area contributed by atoms with Crippen molar-refractivity contribution in [3.05, 3.63) is 69.6 Å².